The molecule has 0 unspecified atom stereocenters. The number of benzene rings is 1. The molecule has 1 rings (SSSR count). The molecule has 0 saturated carbocycles. The molecule has 4 nitrogen and oxygen atoms in total. The number of halogens is 2. The molecular formula is C10H11Br2NO3. The van der Waals surface area contributed by atoms with E-state index >= 15 is 0 Å². The van der Waals surface area contributed by atoms with Gasteiger partial charge < -0.3 is 4.74 Å². The fraction of sp³-hybridized carbons (Fsp3) is 0.400. The first-order valence-electron chi connectivity index (χ1n) is 4.76. The molecule has 0 radical (unpaired) electrons. The molecule has 1 aromatic rings. The Bertz CT molecular complexity index is 396. The highest BCUT2D eigenvalue weighted by molar-refractivity contribution is 9.11. The fourth-order valence-electron chi connectivity index (χ4n) is 1.26. The van der Waals surface area contributed by atoms with Crippen molar-refractivity contribution in [3.05, 3.63) is 36.8 Å². The van der Waals surface area contributed by atoms with Gasteiger partial charge >= 0.3 is 0 Å². The third-order valence-electron chi connectivity index (χ3n) is 1.90. The maximum Gasteiger partial charge on any atom is 0.289 e. The van der Waals surface area contributed by atoms with Crippen molar-refractivity contribution in [2.75, 3.05) is 6.61 Å². The van der Waals surface area contributed by atoms with Gasteiger partial charge in [-0.1, -0.05) is 22.9 Å². The van der Waals surface area contributed by atoms with Crippen molar-refractivity contribution in [1.29, 1.82) is 0 Å². The van der Waals surface area contributed by atoms with Crippen LogP contribution in [0.25, 0.3) is 0 Å². The second-order valence-electron chi connectivity index (χ2n) is 3.21. The third-order valence-corrected chi connectivity index (χ3v) is 2.96. The highest BCUT2D eigenvalue weighted by atomic mass is 79.9. The minimum atomic E-state index is -0.402. The van der Waals surface area contributed by atoms with Crippen LogP contribution in [0.4, 0.5) is 5.69 Å². The van der Waals surface area contributed by atoms with E-state index in [0.29, 0.717) is 16.6 Å². The summed E-state index contributed by atoms with van der Waals surface area (Å²) in [7, 11) is 0. The summed E-state index contributed by atoms with van der Waals surface area (Å²) in [5, 5.41) is 10.9. The van der Waals surface area contributed by atoms with Gasteiger partial charge in [-0.25, -0.2) is 0 Å². The highest BCUT2D eigenvalue weighted by Gasteiger charge is 2.19. The summed E-state index contributed by atoms with van der Waals surface area (Å²) in [6.07, 6.45) is 0.892. The van der Waals surface area contributed by atoms with E-state index in [1.807, 2.05) is 6.92 Å². The van der Waals surface area contributed by atoms with Crippen LogP contribution in [0, 0.1) is 10.1 Å². The quantitative estimate of drug-likeness (QED) is 0.456. The Kier molecular flexibility index (Phi) is 5.37. The third kappa shape index (κ3) is 3.54. The number of rotatable bonds is 5. The van der Waals surface area contributed by atoms with Crippen LogP contribution in [0.15, 0.2) is 21.1 Å². The topological polar surface area (TPSA) is 52.4 Å². The van der Waals surface area contributed by atoms with Crippen molar-refractivity contribution in [2.45, 2.75) is 20.0 Å². The van der Waals surface area contributed by atoms with E-state index in [-0.39, 0.29) is 12.3 Å². The van der Waals surface area contributed by atoms with Gasteiger partial charge in [-0.05, 0) is 34.5 Å². The Morgan fingerprint density at radius 3 is 2.69 bits per heavy atom. The summed E-state index contributed by atoms with van der Waals surface area (Å²) in [4.78, 5) is 10.5. The van der Waals surface area contributed by atoms with Crippen LogP contribution >= 0.6 is 31.9 Å². The highest BCUT2D eigenvalue weighted by Crippen LogP contribution is 2.32. The Morgan fingerprint density at radius 1 is 1.44 bits per heavy atom. The second kappa shape index (κ2) is 6.32. The Hall–Kier alpha value is -0.460. The van der Waals surface area contributed by atoms with Crippen molar-refractivity contribution in [3.8, 4) is 0 Å². The lowest BCUT2D eigenvalue weighted by Crippen LogP contribution is -2.00. The van der Waals surface area contributed by atoms with E-state index in [1.165, 1.54) is 0 Å². The van der Waals surface area contributed by atoms with Gasteiger partial charge in [-0.15, -0.1) is 0 Å². The second-order valence-corrected chi connectivity index (χ2v) is 4.98. The summed E-state index contributed by atoms with van der Waals surface area (Å²) in [5.74, 6) is 0. The molecule has 88 valence electrons. The first kappa shape index (κ1) is 13.6. The maximum absolute atomic E-state index is 10.9. The van der Waals surface area contributed by atoms with Gasteiger partial charge in [0.15, 0.2) is 0 Å². The zero-order chi connectivity index (χ0) is 12.1. The van der Waals surface area contributed by atoms with Crippen molar-refractivity contribution in [1.82, 2.24) is 0 Å². The van der Waals surface area contributed by atoms with E-state index in [2.05, 4.69) is 31.9 Å². The minimum Gasteiger partial charge on any atom is -0.377 e. The summed E-state index contributed by atoms with van der Waals surface area (Å²) in [6.45, 7) is 2.84. The van der Waals surface area contributed by atoms with E-state index < -0.39 is 4.92 Å². The SMILES string of the molecule is CCCOCc1cc(Br)cc(Br)c1[N+](=O)[O-]. The average molecular weight is 353 g/mol. The maximum atomic E-state index is 10.9. The summed E-state index contributed by atoms with van der Waals surface area (Å²) in [5.41, 5.74) is 0.638. The van der Waals surface area contributed by atoms with Crippen LogP contribution in [0.5, 0.6) is 0 Å². The van der Waals surface area contributed by atoms with Gasteiger partial charge in [0.2, 0.25) is 0 Å². The lowest BCUT2D eigenvalue weighted by atomic mass is 10.2. The van der Waals surface area contributed by atoms with Crippen LogP contribution in [0.2, 0.25) is 0 Å². The van der Waals surface area contributed by atoms with Gasteiger partial charge in [0.25, 0.3) is 5.69 Å². The number of nitro benzene ring substituents is 1. The molecule has 0 aliphatic heterocycles. The monoisotopic (exact) mass is 351 g/mol. The summed E-state index contributed by atoms with van der Waals surface area (Å²) < 4.78 is 6.58. The number of nitrogens with zero attached hydrogens (tertiary/aromatic N) is 1. The zero-order valence-corrected chi connectivity index (χ0v) is 11.9. The van der Waals surface area contributed by atoms with Crippen LogP contribution in [0.3, 0.4) is 0 Å². The number of hydrogen-bond acceptors (Lipinski definition) is 3. The Labute approximate surface area is 110 Å². The van der Waals surface area contributed by atoms with E-state index in [4.69, 9.17) is 4.74 Å². The predicted octanol–water partition coefficient (Wildman–Crippen LogP) is 4.05. The number of nitro groups is 1. The molecule has 0 heterocycles. The lowest BCUT2D eigenvalue weighted by Gasteiger charge is -2.06. The Morgan fingerprint density at radius 2 is 2.12 bits per heavy atom. The minimum absolute atomic E-state index is 0.0688. The van der Waals surface area contributed by atoms with E-state index in [0.717, 1.165) is 10.9 Å². The first-order valence-corrected chi connectivity index (χ1v) is 6.35. The molecule has 0 atom stereocenters. The van der Waals surface area contributed by atoms with Crippen LogP contribution in [-0.2, 0) is 11.3 Å². The van der Waals surface area contributed by atoms with Gasteiger partial charge in [0, 0.05) is 11.1 Å². The molecule has 0 spiro atoms. The fourth-order valence-corrected chi connectivity index (χ4v) is 2.72. The number of ether oxygens (including phenoxy) is 1. The molecule has 16 heavy (non-hydrogen) atoms. The molecule has 0 fully saturated rings. The predicted molar refractivity (Wildman–Crippen MR) is 68.4 cm³/mol. The van der Waals surface area contributed by atoms with E-state index in [1.54, 1.807) is 12.1 Å². The van der Waals surface area contributed by atoms with Crippen molar-refractivity contribution < 1.29 is 9.66 Å². The molecule has 0 amide bonds. The van der Waals surface area contributed by atoms with Gasteiger partial charge in [0.1, 0.15) is 0 Å². The zero-order valence-electron chi connectivity index (χ0n) is 8.70. The lowest BCUT2D eigenvalue weighted by molar-refractivity contribution is -0.386. The largest absolute Gasteiger partial charge is 0.377 e. The molecule has 0 saturated heterocycles. The molecule has 0 aromatic heterocycles. The molecule has 0 aliphatic rings. The smallest absolute Gasteiger partial charge is 0.289 e. The average Bonchev–Trinajstić information content (AvgIpc) is 2.16. The van der Waals surface area contributed by atoms with Gasteiger partial charge in [-0.3, -0.25) is 10.1 Å². The Balaban J connectivity index is 2.99. The molecular weight excluding hydrogens is 342 g/mol. The normalized spacial score (nSPS) is 10.4. The van der Waals surface area contributed by atoms with E-state index in [9.17, 15) is 10.1 Å². The van der Waals surface area contributed by atoms with Gasteiger partial charge in [0.05, 0.1) is 21.6 Å². The molecule has 0 aliphatic carbocycles. The van der Waals surface area contributed by atoms with Crippen molar-refractivity contribution >= 4 is 37.5 Å². The molecule has 6 heteroatoms. The van der Waals surface area contributed by atoms with Crippen LogP contribution in [-0.4, -0.2) is 11.5 Å². The van der Waals surface area contributed by atoms with Crippen molar-refractivity contribution in [2.24, 2.45) is 0 Å². The molecule has 0 N–H and O–H groups in total. The molecule has 1 aromatic carbocycles. The van der Waals surface area contributed by atoms with Crippen LogP contribution < -0.4 is 0 Å². The standard InChI is InChI=1S/C10H11Br2NO3/c1-2-3-16-6-7-4-8(11)5-9(12)10(7)13(14)15/h4-5H,2-3,6H2,1H3. The van der Waals surface area contributed by atoms with Crippen LogP contribution in [0.1, 0.15) is 18.9 Å². The van der Waals surface area contributed by atoms with Gasteiger partial charge in [-0.2, -0.15) is 0 Å². The molecule has 0 bridgehead atoms. The first-order chi connectivity index (χ1) is 7.56. The summed E-state index contributed by atoms with van der Waals surface area (Å²) in [6, 6.07) is 3.36. The van der Waals surface area contributed by atoms with Crippen molar-refractivity contribution in [3.63, 3.8) is 0 Å². The summed E-state index contributed by atoms with van der Waals surface area (Å²) >= 11 is 6.48. The number of hydrogen-bond donors (Lipinski definition) is 0.